The Bertz CT molecular complexity index is 409. The van der Waals surface area contributed by atoms with Crippen molar-refractivity contribution in [1.82, 2.24) is 0 Å². The van der Waals surface area contributed by atoms with Gasteiger partial charge in [0.15, 0.2) is 0 Å². The second-order valence-corrected chi connectivity index (χ2v) is 4.66. The number of aryl methyl sites for hydroxylation is 1. The molecular weight excluding hydrogens is 244 g/mol. The number of aromatic carboxylic acids is 1. The van der Waals surface area contributed by atoms with Crippen molar-refractivity contribution >= 4 is 11.9 Å². The smallest absolute Gasteiger partial charge is 0.335 e. The summed E-state index contributed by atoms with van der Waals surface area (Å²) in [4.78, 5) is 21.0. The molecule has 104 valence electrons. The van der Waals surface area contributed by atoms with Crippen LogP contribution in [0.15, 0.2) is 24.3 Å². The lowest BCUT2D eigenvalue weighted by molar-refractivity contribution is -0.137. The third-order valence-corrected chi connectivity index (χ3v) is 3.06. The SMILES string of the molecule is O=C(O)CCCCCCCc1ccc(C(=O)O)cc1. The van der Waals surface area contributed by atoms with Gasteiger partial charge in [-0.2, -0.15) is 0 Å². The van der Waals surface area contributed by atoms with E-state index in [1.807, 2.05) is 12.1 Å². The molecule has 0 spiro atoms. The van der Waals surface area contributed by atoms with E-state index in [4.69, 9.17) is 10.2 Å². The van der Waals surface area contributed by atoms with Crippen LogP contribution in [0.2, 0.25) is 0 Å². The van der Waals surface area contributed by atoms with Crippen LogP contribution in [0.1, 0.15) is 54.4 Å². The van der Waals surface area contributed by atoms with Gasteiger partial charge < -0.3 is 10.2 Å². The zero-order chi connectivity index (χ0) is 14.1. The molecule has 1 aromatic rings. The predicted molar refractivity (Wildman–Crippen MR) is 72.4 cm³/mol. The minimum atomic E-state index is -0.898. The van der Waals surface area contributed by atoms with Crippen molar-refractivity contribution in [3.63, 3.8) is 0 Å². The Morgan fingerprint density at radius 1 is 0.842 bits per heavy atom. The third-order valence-electron chi connectivity index (χ3n) is 3.06. The maximum atomic E-state index is 10.7. The molecule has 0 aliphatic carbocycles. The summed E-state index contributed by atoms with van der Waals surface area (Å²) in [6.07, 6.45) is 6.11. The first-order valence-electron chi connectivity index (χ1n) is 6.63. The molecule has 0 atom stereocenters. The largest absolute Gasteiger partial charge is 0.481 e. The summed E-state index contributed by atoms with van der Waals surface area (Å²) in [5, 5.41) is 17.3. The highest BCUT2D eigenvalue weighted by atomic mass is 16.4. The van der Waals surface area contributed by atoms with E-state index in [1.54, 1.807) is 12.1 Å². The fourth-order valence-corrected chi connectivity index (χ4v) is 1.95. The number of hydrogen-bond acceptors (Lipinski definition) is 2. The summed E-state index contributed by atoms with van der Waals surface area (Å²) in [6, 6.07) is 6.97. The lowest BCUT2D eigenvalue weighted by Crippen LogP contribution is -1.96. The number of rotatable bonds is 9. The fraction of sp³-hybridized carbons (Fsp3) is 0.467. The molecule has 4 heteroatoms. The molecule has 0 bridgehead atoms. The van der Waals surface area contributed by atoms with Crippen molar-refractivity contribution in [2.45, 2.75) is 44.9 Å². The Balaban J connectivity index is 2.12. The van der Waals surface area contributed by atoms with Crippen LogP contribution in [0.25, 0.3) is 0 Å². The van der Waals surface area contributed by atoms with Gasteiger partial charge in [-0.1, -0.05) is 31.4 Å². The Morgan fingerprint density at radius 2 is 1.42 bits per heavy atom. The van der Waals surface area contributed by atoms with Crippen LogP contribution in [0.3, 0.4) is 0 Å². The Morgan fingerprint density at radius 3 is 2.00 bits per heavy atom. The third kappa shape index (κ3) is 6.60. The van der Waals surface area contributed by atoms with Crippen LogP contribution in [0.4, 0.5) is 0 Å². The topological polar surface area (TPSA) is 74.6 Å². The molecule has 2 N–H and O–H groups in total. The molecule has 0 radical (unpaired) electrons. The summed E-state index contributed by atoms with van der Waals surface area (Å²) in [5.41, 5.74) is 1.47. The summed E-state index contributed by atoms with van der Waals surface area (Å²) >= 11 is 0. The Labute approximate surface area is 113 Å². The molecule has 0 saturated carbocycles. The Kier molecular flexibility index (Phi) is 6.64. The average Bonchev–Trinajstić information content (AvgIpc) is 2.38. The molecule has 0 saturated heterocycles. The first-order chi connectivity index (χ1) is 9.09. The minimum Gasteiger partial charge on any atom is -0.481 e. The molecule has 0 aromatic heterocycles. The zero-order valence-corrected chi connectivity index (χ0v) is 11.0. The molecule has 0 aliphatic rings. The van der Waals surface area contributed by atoms with Crippen LogP contribution in [-0.4, -0.2) is 22.2 Å². The monoisotopic (exact) mass is 264 g/mol. The highest BCUT2D eigenvalue weighted by Gasteiger charge is 2.01. The number of benzene rings is 1. The molecule has 0 unspecified atom stereocenters. The molecule has 19 heavy (non-hydrogen) atoms. The van der Waals surface area contributed by atoms with Crippen molar-refractivity contribution in [1.29, 1.82) is 0 Å². The number of carboxylic acid groups (broad SMARTS) is 2. The Hall–Kier alpha value is -1.84. The van der Waals surface area contributed by atoms with Crippen molar-refractivity contribution in [2.24, 2.45) is 0 Å². The summed E-state index contributed by atoms with van der Waals surface area (Å²) in [5.74, 6) is -1.62. The van der Waals surface area contributed by atoms with Crippen molar-refractivity contribution in [3.05, 3.63) is 35.4 Å². The van der Waals surface area contributed by atoms with Gasteiger partial charge in [0.1, 0.15) is 0 Å². The van der Waals surface area contributed by atoms with E-state index >= 15 is 0 Å². The van der Waals surface area contributed by atoms with Gasteiger partial charge in [0.25, 0.3) is 0 Å². The van der Waals surface area contributed by atoms with E-state index in [-0.39, 0.29) is 6.42 Å². The summed E-state index contributed by atoms with van der Waals surface area (Å²) in [6.45, 7) is 0. The molecule has 0 heterocycles. The van der Waals surface area contributed by atoms with Crippen LogP contribution in [0.5, 0.6) is 0 Å². The van der Waals surface area contributed by atoms with Gasteiger partial charge in [0.05, 0.1) is 5.56 Å². The highest BCUT2D eigenvalue weighted by Crippen LogP contribution is 2.11. The fourth-order valence-electron chi connectivity index (χ4n) is 1.95. The van der Waals surface area contributed by atoms with Crippen LogP contribution in [0, 0.1) is 0 Å². The van der Waals surface area contributed by atoms with Gasteiger partial charge in [-0.05, 0) is 37.0 Å². The molecular formula is C15H20O4. The van der Waals surface area contributed by atoms with Gasteiger partial charge in [0.2, 0.25) is 0 Å². The van der Waals surface area contributed by atoms with Gasteiger partial charge in [-0.3, -0.25) is 4.79 Å². The lowest BCUT2D eigenvalue weighted by Gasteiger charge is -2.02. The maximum absolute atomic E-state index is 10.7. The molecule has 4 nitrogen and oxygen atoms in total. The van der Waals surface area contributed by atoms with Gasteiger partial charge in [-0.15, -0.1) is 0 Å². The van der Waals surface area contributed by atoms with E-state index in [1.165, 1.54) is 0 Å². The summed E-state index contributed by atoms with van der Waals surface area (Å²) < 4.78 is 0. The van der Waals surface area contributed by atoms with Crippen LogP contribution >= 0.6 is 0 Å². The van der Waals surface area contributed by atoms with Crippen molar-refractivity contribution in [2.75, 3.05) is 0 Å². The first-order valence-corrected chi connectivity index (χ1v) is 6.63. The van der Waals surface area contributed by atoms with E-state index in [0.29, 0.717) is 5.56 Å². The van der Waals surface area contributed by atoms with E-state index in [2.05, 4.69) is 0 Å². The van der Waals surface area contributed by atoms with Crippen LogP contribution < -0.4 is 0 Å². The molecule has 0 aliphatic heterocycles. The van der Waals surface area contributed by atoms with Gasteiger partial charge in [-0.25, -0.2) is 4.79 Å². The predicted octanol–water partition coefficient (Wildman–Crippen LogP) is 3.35. The number of carbonyl (C=O) groups is 2. The normalized spacial score (nSPS) is 10.3. The lowest BCUT2D eigenvalue weighted by atomic mass is 10.0. The number of carboxylic acids is 2. The van der Waals surface area contributed by atoms with Gasteiger partial charge >= 0.3 is 11.9 Å². The highest BCUT2D eigenvalue weighted by molar-refractivity contribution is 5.87. The molecule has 0 fully saturated rings. The molecule has 1 aromatic carbocycles. The van der Waals surface area contributed by atoms with E-state index in [9.17, 15) is 9.59 Å². The first kappa shape index (κ1) is 15.2. The minimum absolute atomic E-state index is 0.261. The second kappa shape index (κ2) is 8.29. The zero-order valence-electron chi connectivity index (χ0n) is 11.0. The van der Waals surface area contributed by atoms with Crippen molar-refractivity contribution in [3.8, 4) is 0 Å². The van der Waals surface area contributed by atoms with Crippen molar-refractivity contribution < 1.29 is 19.8 Å². The van der Waals surface area contributed by atoms with E-state index < -0.39 is 11.9 Å². The number of hydrogen-bond donors (Lipinski definition) is 2. The standard InChI is InChI=1S/C15H20O4/c16-14(17)7-5-3-1-2-4-6-12-8-10-13(11-9-12)15(18)19/h8-11H,1-7H2,(H,16,17)(H,18,19). The average molecular weight is 264 g/mol. The summed E-state index contributed by atoms with van der Waals surface area (Å²) in [7, 11) is 0. The molecule has 1 rings (SSSR count). The van der Waals surface area contributed by atoms with E-state index in [0.717, 1.165) is 44.1 Å². The number of aliphatic carboxylic acids is 1. The van der Waals surface area contributed by atoms with Crippen LogP contribution in [-0.2, 0) is 11.2 Å². The maximum Gasteiger partial charge on any atom is 0.335 e. The van der Waals surface area contributed by atoms with Gasteiger partial charge in [0, 0.05) is 6.42 Å². The quantitative estimate of drug-likeness (QED) is 0.671. The second-order valence-electron chi connectivity index (χ2n) is 4.66. The number of unbranched alkanes of at least 4 members (excludes halogenated alkanes) is 4. The molecule has 0 amide bonds.